The van der Waals surface area contributed by atoms with E-state index in [9.17, 15) is 31.5 Å². The largest absolute Gasteiger partial charge is 0.418 e. The van der Waals surface area contributed by atoms with Crippen molar-refractivity contribution in [3.8, 4) is 0 Å². The highest BCUT2D eigenvalue weighted by Crippen LogP contribution is 2.36. The van der Waals surface area contributed by atoms with Crippen LogP contribution in [0, 0.1) is 11.6 Å². The molecule has 0 saturated carbocycles. The van der Waals surface area contributed by atoms with Crippen molar-refractivity contribution in [3.05, 3.63) is 58.6 Å². The third-order valence-corrected chi connectivity index (χ3v) is 3.32. The first-order valence-corrected chi connectivity index (χ1v) is 7.35. The first-order valence-electron chi connectivity index (χ1n) is 6.98. The Labute approximate surface area is 149 Å². The van der Waals surface area contributed by atoms with Gasteiger partial charge in [0.15, 0.2) is 11.6 Å². The van der Waals surface area contributed by atoms with E-state index >= 15 is 0 Å². The van der Waals surface area contributed by atoms with Gasteiger partial charge in [-0.2, -0.15) is 13.2 Å². The molecule has 0 atom stereocenters. The van der Waals surface area contributed by atoms with Crippen molar-refractivity contribution in [2.45, 2.75) is 12.6 Å². The molecule has 138 valence electrons. The van der Waals surface area contributed by atoms with Crippen LogP contribution in [0.15, 0.2) is 36.4 Å². The second-order valence-electron chi connectivity index (χ2n) is 5.09. The van der Waals surface area contributed by atoms with Crippen LogP contribution in [0.3, 0.4) is 0 Å². The van der Waals surface area contributed by atoms with Crippen LogP contribution in [0.1, 0.15) is 12.0 Å². The standard InChI is InChI=1S/C16H10ClF5N2O2/c17-8-1-4-13(10(5-8)16(20,21)22)24-15(26)7-14(25)23-9-2-3-11(18)12(19)6-9/h1-6H,7H2,(H,23,25)(H,24,26). The van der Waals surface area contributed by atoms with Crippen LogP contribution in [0.4, 0.5) is 33.3 Å². The first-order chi connectivity index (χ1) is 12.1. The Hall–Kier alpha value is -2.68. The normalized spacial score (nSPS) is 11.2. The topological polar surface area (TPSA) is 58.2 Å². The summed E-state index contributed by atoms with van der Waals surface area (Å²) in [5.74, 6) is -4.28. The molecule has 2 amide bonds. The molecule has 0 spiro atoms. The molecule has 0 heterocycles. The molecule has 4 nitrogen and oxygen atoms in total. The van der Waals surface area contributed by atoms with Crippen molar-refractivity contribution in [1.29, 1.82) is 0 Å². The van der Waals surface area contributed by atoms with Crippen LogP contribution < -0.4 is 10.6 Å². The Morgan fingerprint density at radius 1 is 0.923 bits per heavy atom. The summed E-state index contributed by atoms with van der Waals surface area (Å²) in [5.41, 5.74) is -1.84. The lowest BCUT2D eigenvalue weighted by Crippen LogP contribution is -2.23. The lowest BCUT2D eigenvalue weighted by molar-refractivity contribution is -0.137. The zero-order valence-electron chi connectivity index (χ0n) is 12.8. The van der Waals surface area contributed by atoms with Crippen molar-refractivity contribution < 1.29 is 31.5 Å². The summed E-state index contributed by atoms with van der Waals surface area (Å²) in [6.07, 6.45) is -5.60. The molecule has 2 aromatic rings. The van der Waals surface area contributed by atoms with E-state index in [4.69, 9.17) is 11.6 Å². The van der Waals surface area contributed by atoms with Crippen molar-refractivity contribution >= 4 is 34.8 Å². The molecule has 0 unspecified atom stereocenters. The summed E-state index contributed by atoms with van der Waals surface area (Å²) in [7, 11) is 0. The van der Waals surface area contributed by atoms with Crippen molar-refractivity contribution in [1.82, 2.24) is 0 Å². The van der Waals surface area contributed by atoms with Crippen molar-refractivity contribution in [2.24, 2.45) is 0 Å². The van der Waals surface area contributed by atoms with E-state index in [2.05, 4.69) is 5.32 Å². The van der Waals surface area contributed by atoms with Crippen LogP contribution in [-0.2, 0) is 15.8 Å². The van der Waals surface area contributed by atoms with Gasteiger partial charge in [-0.05, 0) is 30.3 Å². The average Bonchev–Trinajstić information content (AvgIpc) is 2.51. The van der Waals surface area contributed by atoms with Crippen molar-refractivity contribution in [3.63, 3.8) is 0 Å². The molecule has 10 heteroatoms. The number of halogens is 6. The molecule has 0 aliphatic heterocycles. The van der Waals surface area contributed by atoms with Gasteiger partial charge in [-0.15, -0.1) is 0 Å². The minimum atomic E-state index is -4.76. The average molecular weight is 393 g/mol. The lowest BCUT2D eigenvalue weighted by Gasteiger charge is -2.14. The molecule has 0 saturated heterocycles. The third-order valence-electron chi connectivity index (χ3n) is 3.09. The maximum Gasteiger partial charge on any atom is 0.418 e. The zero-order valence-corrected chi connectivity index (χ0v) is 13.5. The quantitative estimate of drug-likeness (QED) is 0.590. The number of anilines is 2. The Balaban J connectivity index is 2.04. The van der Waals surface area contributed by atoms with Gasteiger partial charge >= 0.3 is 6.18 Å². The second kappa shape index (κ2) is 7.69. The maximum absolute atomic E-state index is 13.0. The molecule has 26 heavy (non-hydrogen) atoms. The number of amides is 2. The Bertz CT molecular complexity index is 855. The molecule has 0 aliphatic rings. The Morgan fingerprint density at radius 2 is 1.58 bits per heavy atom. The molecular formula is C16H10ClF5N2O2. The summed E-state index contributed by atoms with van der Waals surface area (Å²) in [6.45, 7) is 0. The smallest absolute Gasteiger partial charge is 0.326 e. The Kier molecular flexibility index (Phi) is 5.81. The molecule has 0 radical (unpaired) electrons. The SMILES string of the molecule is O=C(CC(=O)Nc1ccc(Cl)cc1C(F)(F)F)Nc1ccc(F)c(F)c1. The van der Waals surface area contributed by atoms with E-state index in [1.807, 2.05) is 5.32 Å². The maximum atomic E-state index is 13.0. The number of hydrogen-bond donors (Lipinski definition) is 2. The minimum absolute atomic E-state index is 0.107. The van der Waals surface area contributed by atoms with Gasteiger partial charge in [0.1, 0.15) is 6.42 Å². The molecule has 2 N–H and O–H groups in total. The van der Waals surface area contributed by atoms with Crippen LogP contribution in [0.2, 0.25) is 5.02 Å². The molecule has 0 aliphatic carbocycles. The highest BCUT2D eigenvalue weighted by Gasteiger charge is 2.34. The van der Waals surface area contributed by atoms with E-state index in [0.29, 0.717) is 12.1 Å². The lowest BCUT2D eigenvalue weighted by atomic mass is 10.1. The van der Waals surface area contributed by atoms with Gasteiger partial charge < -0.3 is 10.6 Å². The summed E-state index contributed by atoms with van der Waals surface area (Å²) in [6, 6.07) is 5.28. The van der Waals surface area contributed by atoms with Gasteiger partial charge in [0, 0.05) is 16.8 Å². The van der Waals surface area contributed by atoms with Gasteiger partial charge in [-0.1, -0.05) is 11.6 Å². The number of carbonyl (C=O) groups excluding carboxylic acids is 2. The fourth-order valence-corrected chi connectivity index (χ4v) is 2.15. The molecule has 0 aromatic heterocycles. The summed E-state index contributed by atoms with van der Waals surface area (Å²) in [5, 5.41) is 3.93. The van der Waals surface area contributed by atoms with Crippen LogP contribution >= 0.6 is 11.6 Å². The summed E-state index contributed by atoms with van der Waals surface area (Å²) >= 11 is 5.52. The second-order valence-corrected chi connectivity index (χ2v) is 5.53. The van der Waals surface area contributed by atoms with E-state index in [0.717, 1.165) is 24.3 Å². The monoisotopic (exact) mass is 392 g/mol. The van der Waals surface area contributed by atoms with Crippen LogP contribution in [0.25, 0.3) is 0 Å². The molecule has 2 aromatic carbocycles. The number of nitrogens with one attached hydrogen (secondary N) is 2. The van der Waals surface area contributed by atoms with E-state index in [1.165, 1.54) is 0 Å². The Morgan fingerprint density at radius 3 is 2.19 bits per heavy atom. The third kappa shape index (κ3) is 5.16. The number of rotatable bonds is 4. The highest BCUT2D eigenvalue weighted by molar-refractivity contribution is 6.30. The van der Waals surface area contributed by atoms with E-state index < -0.39 is 47.3 Å². The first kappa shape index (κ1) is 19.6. The highest BCUT2D eigenvalue weighted by atomic mass is 35.5. The number of alkyl halides is 3. The fourth-order valence-electron chi connectivity index (χ4n) is 1.98. The zero-order chi connectivity index (χ0) is 19.5. The minimum Gasteiger partial charge on any atom is -0.326 e. The molecule has 2 rings (SSSR count). The molecular weight excluding hydrogens is 383 g/mol. The summed E-state index contributed by atoms with van der Waals surface area (Å²) in [4.78, 5) is 23.5. The number of hydrogen-bond acceptors (Lipinski definition) is 2. The number of benzene rings is 2. The summed E-state index contributed by atoms with van der Waals surface area (Å²) < 4.78 is 64.7. The van der Waals surface area contributed by atoms with Gasteiger partial charge in [0.25, 0.3) is 0 Å². The van der Waals surface area contributed by atoms with Gasteiger partial charge in [-0.3, -0.25) is 9.59 Å². The molecule has 0 bridgehead atoms. The van der Waals surface area contributed by atoms with Gasteiger partial charge in [0.05, 0.1) is 11.3 Å². The molecule has 0 fully saturated rings. The van der Waals surface area contributed by atoms with Gasteiger partial charge in [0.2, 0.25) is 11.8 Å². The fraction of sp³-hybridized carbons (Fsp3) is 0.125. The predicted molar refractivity (Wildman–Crippen MR) is 84.7 cm³/mol. The number of carbonyl (C=O) groups is 2. The van der Waals surface area contributed by atoms with Gasteiger partial charge in [-0.25, -0.2) is 8.78 Å². The van der Waals surface area contributed by atoms with Crippen LogP contribution in [-0.4, -0.2) is 11.8 Å². The predicted octanol–water partition coefficient (Wildman–Crippen LogP) is 4.60. The van der Waals surface area contributed by atoms with Crippen molar-refractivity contribution in [2.75, 3.05) is 10.6 Å². The van der Waals surface area contributed by atoms with Crippen LogP contribution in [0.5, 0.6) is 0 Å². The van der Waals surface area contributed by atoms with E-state index in [1.54, 1.807) is 0 Å². The van der Waals surface area contributed by atoms with E-state index in [-0.39, 0.29) is 10.7 Å².